The normalized spacial score (nSPS) is 15.6. The monoisotopic (exact) mass is 470 g/mol. The van der Waals surface area contributed by atoms with Crippen LogP contribution >= 0.6 is 11.6 Å². The van der Waals surface area contributed by atoms with Gasteiger partial charge >= 0.3 is 0 Å². The highest BCUT2D eigenvalue weighted by Gasteiger charge is 2.37. The third-order valence-electron chi connectivity index (χ3n) is 5.32. The molecule has 32 heavy (non-hydrogen) atoms. The number of halogens is 1. The molecule has 0 aromatic heterocycles. The average Bonchev–Trinajstić information content (AvgIpc) is 2.75. The number of fused-ring (bicyclic) bond motifs is 1. The second-order valence-electron chi connectivity index (χ2n) is 7.88. The lowest BCUT2D eigenvalue weighted by molar-refractivity contribution is -0.122. The van der Waals surface area contributed by atoms with E-state index in [1.807, 2.05) is 26.8 Å². The summed E-state index contributed by atoms with van der Waals surface area (Å²) in [5.41, 5.74) is 3.65. The highest BCUT2D eigenvalue weighted by molar-refractivity contribution is 7.92. The van der Waals surface area contributed by atoms with Crippen molar-refractivity contribution in [3.63, 3.8) is 0 Å². The van der Waals surface area contributed by atoms with Crippen molar-refractivity contribution in [3.05, 3.63) is 82.4 Å². The lowest BCUT2D eigenvalue weighted by Crippen LogP contribution is -2.48. The van der Waals surface area contributed by atoms with Crippen molar-refractivity contribution in [3.8, 4) is 5.75 Å². The minimum atomic E-state index is -3.91. The van der Waals surface area contributed by atoms with Gasteiger partial charge in [0, 0.05) is 10.7 Å². The number of hydrogen-bond donors (Lipinski definition) is 1. The second-order valence-corrected chi connectivity index (χ2v) is 10.1. The number of benzene rings is 3. The van der Waals surface area contributed by atoms with Crippen molar-refractivity contribution in [2.75, 3.05) is 16.2 Å². The molecule has 0 spiro atoms. The van der Waals surface area contributed by atoms with E-state index in [1.54, 1.807) is 54.6 Å². The summed E-state index contributed by atoms with van der Waals surface area (Å²) in [5.74, 6) is -0.125. The number of carbonyl (C=O) groups excluding carboxylic acids is 1. The molecule has 166 valence electrons. The van der Waals surface area contributed by atoms with Crippen LogP contribution in [0.1, 0.15) is 16.7 Å². The molecule has 1 unspecified atom stereocenters. The number of rotatable bonds is 4. The fourth-order valence-corrected chi connectivity index (χ4v) is 5.10. The summed E-state index contributed by atoms with van der Waals surface area (Å²) in [7, 11) is -3.91. The van der Waals surface area contributed by atoms with Gasteiger partial charge < -0.3 is 10.1 Å². The molecular weight excluding hydrogens is 448 g/mol. The molecular formula is C24H23ClN2O4S. The summed E-state index contributed by atoms with van der Waals surface area (Å²) >= 11 is 6.16. The Kier molecular flexibility index (Phi) is 5.88. The fraction of sp³-hybridized carbons (Fsp3) is 0.208. The third-order valence-corrected chi connectivity index (χ3v) is 7.53. The maximum atomic E-state index is 13.5. The van der Waals surface area contributed by atoms with Crippen LogP contribution < -0.4 is 14.4 Å². The molecule has 0 saturated heterocycles. The molecule has 1 N–H and O–H groups in total. The minimum absolute atomic E-state index is 0.155. The van der Waals surface area contributed by atoms with Crippen LogP contribution in [-0.4, -0.2) is 27.0 Å². The van der Waals surface area contributed by atoms with Crippen molar-refractivity contribution in [1.82, 2.24) is 0 Å². The number of anilines is 2. The Balaban J connectivity index is 1.69. The van der Waals surface area contributed by atoms with E-state index in [0.717, 1.165) is 16.7 Å². The zero-order valence-corrected chi connectivity index (χ0v) is 19.5. The number of ether oxygens (including phenoxy) is 1. The number of sulfonamides is 1. The molecule has 1 aliphatic rings. The first-order valence-electron chi connectivity index (χ1n) is 10.1. The van der Waals surface area contributed by atoms with Crippen LogP contribution in [0, 0.1) is 20.8 Å². The highest BCUT2D eigenvalue weighted by Crippen LogP contribution is 2.38. The van der Waals surface area contributed by atoms with Gasteiger partial charge in [0.05, 0.1) is 17.1 Å². The Morgan fingerprint density at radius 2 is 1.69 bits per heavy atom. The van der Waals surface area contributed by atoms with Gasteiger partial charge in [0.2, 0.25) is 0 Å². The van der Waals surface area contributed by atoms with E-state index < -0.39 is 22.0 Å². The molecule has 8 heteroatoms. The Labute approximate surface area is 192 Å². The lowest BCUT2D eigenvalue weighted by Gasteiger charge is -2.35. The number of nitrogens with zero attached hydrogens (tertiary/aromatic N) is 1. The van der Waals surface area contributed by atoms with Gasteiger partial charge in [-0.3, -0.25) is 9.10 Å². The maximum Gasteiger partial charge on any atom is 0.267 e. The molecule has 6 nitrogen and oxygen atoms in total. The summed E-state index contributed by atoms with van der Waals surface area (Å²) in [5, 5.41) is 3.30. The highest BCUT2D eigenvalue weighted by atomic mass is 35.5. The van der Waals surface area contributed by atoms with Gasteiger partial charge in [0.1, 0.15) is 5.75 Å². The number of amides is 1. The average molecular weight is 471 g/mol. The summed E-state index contributed by atoms with van der Waals surface area (Å²) in [6.07, 6.45) is -1.04. The number of carbonyl (C=O) groups is 1. The van der Waals surface area contributed by atoms with Crippen LogP contribution in [0.5, 0.6) is 5.75 Å². The maximum absolute atomic E-state index is 13.5. The number of aryl methyl sites for hydroxylation is 3. The van der Waals surface area contributed by atoms with Gasteiger partial charge in [-0.25, -0.2) is 8.42 Å². The molecule has 0 fully saturated rings. The van der Waals surface area contributed by atoms with Gasteiger partial charge in [-0.1, -0.05) is 41.4 Å². The van der Waals surface area contributed by atoms with Crippen molar-refractivity contribution in [1.29, 1.82) is 0 Å². The summed E-state index contributed by atoms with van der Waals surface area (Å²) < 4.78 is 34.2. The molecule has 3 aromatic rings. The van der Waals surface area contributed by atoms with Crippen LogP contribution in [-0.2, 0) is 14.8 Å². The Morgan fingerprint density at radius 3 is 2.38 bits per heavy atom. The molecule has 0 bridgehead atoms. The third kappa shape index (κ3) is 4.31. The van der Waals surface area contributed by atoms with Gasteiger partial charge in [-0.2, -0.15) is 0 Å². The van der Waals surface area contributed by atoms with E-state index in [2.05, 4.69) is 5.32 Å². The van der Waals surface area contributed by atoms with E-state index in [4.69, 9.17) is 16.3 Å². The quantitative estimate of drug-likeness (QED) is 0.590. The van der Waals surface area contributed by atoms with Crippen molar-refractivity contribution in [2.45, 2.75) is 31.8 Å². The molecule has 0 aliphatic carbocycles. The van der Waals surface area contributed by atoms with Gasteiger partial charge in [0.15, 0.2) is 6.10 Å². The zero-order chi connectivity index (χ0) is 23.0. The fourth-order valence-electron chi connectivity index (χ4n) is 3.46. The van der Waals surface area contributed by atoms with Gasteiger partial charge in [-0.05, 0) is 68.3 Å². The van der Waals surface area contributed by atoms with E-state index in [-0.39, 0.29) is 11.4 Å². The number of hydrogen-bond acceptors (Lipinski definition) is 4. The SMILES string of the molecule is Cc1ccc(S(=O)(=O)N2CC(C(=O)Nc3ccc(C)c(Cl)c3)Oc3ccc(C)cc32)cc1. The molecule has 1 heterocycles. The smallest absolute Gasteiger partial charge is 0.267 e. The van der Waals surface area contributed by atoms with Crippen molar-refractivity contribution < 1.29 is 17.9 Å². The van der Waals surface area contributed by atoms with E-state index in [0.29, 0.717) is 22.1 Å². The standard InChI is InChI=1S/C24H23ClN2O4S/c1-15-4-9-19(10-5-15)32(29,30)27-14-23(31-22-11-6-16(2)12-21(22)27)24(28)26-18-8-7-17(3)20(25)13-18/h4-13,23H,14H2,1-3H3,(H,26,28). The summed E-state index contributed by atoms with van der Waals surface area (Å²) in [6, 6.07) is 17.1. The van der Waals surface area contributed by atoms with Crippen LogP contribution in [0.4, 0.5) is 11.4 Å². The topological polar surface area (TPSA) is 75.7 Å². The molecule has 3 aromatic carbocycles. The van der Waals surface area contributed by atoms with Crippen LogP contribution in [0.3, 0.4) is 0 Å². The summed E-state index contributed by atoms with van der Waals surface area (Å²) in [6.45, 7) is 5.47. The van der Waals surface area contributed by atoms with E-state index in [1.165, 1.54) is 4.31 Å². The van der Waals surface area contributed by atoms with Gasteiger partial charge in [-0.15, -0.1) is 0 Å². The molecule has 0 radical (unpaired) electrons. The zero-order valence-electron chi connectivity index (χ0n) is 17.9. The summed E-state index contributed by atoms with van der Waals surface area (Å²) in [4.78, 5) is 13.1. The Morgan fingerprint density at radius 1 is 1.00 bits per heavy atom. The predicted octanol–water partition coefficient (Wildman–Crippen LogP) is 4.86. The molecule has 1 amide bonds. The minimum Gasteiger partial charge on any atom is -0.476 e. The molecule has 0 saturated carbocycles. The first kappa shape index (κ1) is 22.2. The van der Waals surface area contributed by atoms with Crippen LogP contribution in [0.15, 0.2) is 65.6 Å². The largest absolute Gasteiger partial charge is 0.476 e. The Hall–Kier alpha value is -3.03. The Bertz CT molecular complexity index is 1290. The van der Waals surface area contributed by atoms with Crippen LogP contribution in [0.25, 0.3) is 0 Å². The van der Waals surface area contributed by atoms with Crippen molar-refractivity contribution in [2.24, 2.45) is 0 Å². The number of nitrogens with one attached hydrogen (secondary N) is 1. The lowest BCUT2D eigenvalue weighted by atomic mass is 10.1. The molecule has 4 rings (SSSR count). The van der Waals surface area contributed by atoms with Crippen LogP contribution in [0.2, 0.25) is 5.02 Å². The molecule has 1 atom stereocenters. The molecule has 1 aliphatic heterocycles. The van der Waals surface area contributed by atoms with Crippen molar-refractivity contribution >= 4 is 38.9 Å². The van der Waals surface area contributed by atoms with Gasteiger partial charge in [0.25, 0.3) is 15.9 Å². The predicted molar refractivity (Wildman–Crippen MR) is 126 cm³/mol. The first-order valence-corrected chi connectivity index (χ1v) is 11.9. The van der Waals surface area contributed by atoms with E-state index >= 15 is 0 Å². The second kappa shape index (κ2) is 8.48. The van der Waals surface area contributed by atoms with E-state index in [9.17, 15) is 13.2 Å². The first-order chi connectivity index (χ1) is 15.1.